The Kier molecular flexibility index (Phi) is 5.94. The molecule has 0 bridgehead atoms. The second kappa shape index (κ2) is 7.50. The highest BCUT2D eigenvalue weighted by atomic mass is 79.9. The molecule has 0 aliphatic rings. The fraction of sp³-hybridized carbons (Fsp3) is 0.250. The van der Waals surface area contributed by atoms with Crippen LogP contribution in [-0.2, 0) is 13.2 Å². The summed E-state index contributed by atoms with van der Waals surface area (Å²) in [6, 6.07) is 9.65. The van der Waals surface area contributed by atoms with Gasteiger partial charge in [-0.15, -0.1) is 0 Å². The molecule has 0 aromatic heterocycles. The van der Waals surface area contributed by atoms with Crippen LogP contribution in [0.2, 0.25) is 10.0 Å². The number of hydrogen-bond donors (Lipinski definition) is 1. The van der Waals surface area contributed by atoms with Crippen LogP contribution in [0.25, 0.3) is 0 Å². The number of nitrogens with one attached hydrogen (secondary N) is 1. The first-order chi connectivity index (χ1) is 10.0. The van der Waals surface area contributed by atoms with Crippen molar-refractivity contribution in [1.82, 2.24) is 5.32 Å². The normalized spacial score (nSPS) is 10.7. The van der Waals surface area contributed by atoms with Gasteiger partial charge in [0.2, 0.25) is 0 Å². The van der Waals surface area contributed by atoms with Crippen molar-refractivity contribution in [2.45, 2.75) is 20.1 Å². The smallest absolute Gasteiger partial charge is 0.127 e. The molecule has 0 amide bonds. The van der Waals surface area contributed by atoms with Crippen LogP contribution in [0.4, 0.5) is 0 Å². The lowest BCUT2D eigenvalue weighted by molar-refractivity contribution is 0.300. The van der Waals surface area contributed by atoms with Crippen molar-refractivity contribution in [2.24, 2.45) is 0 Å². The highest BCUT2D eigenvalue weighted by Crippen LogP contribution is 2.31. The minimum Gasteiger partial charge on any atom is -0.488 e. The molecule has 2 nitrogen and oxygen atoms in total. The molecule has 2 rings (SSSR count). The van der Waals surface area contributed by atoms with E-state index in [1.807, 2.05) is 32.2 Å². The van der Waals surface area contributed by atoms with Gasteiger partial charge in [-0.25, -0.2) is 0 Å². The summed E-state index contributed by atoms with van der Waals surface area (Å²) in [7, 11) is 1.91. The Morgan fingerprint density at radius 1 is 1.19 bits per heavy atom. The minimum atomic E-state index is 0.387. The molecule has 5 heteroatoms. The molecule has 21 heavy (non-hydrogen) atoms. The lowest BCUT2D eigenvalue weighted by Gasteiger charge is -2.15. The molecule has 0 aliphatic carbocycles. The van der Waals surface area contributed by atoms with E-state index in [0.29, 0.717) is 16.7 Å². The molecule has 0 saturated carbocycles. The minimum absolute atomic E-state index is 0.387. The molecular weight excluding hydrogens is 373 g/mol. The molecule has 112 valence electrons. The van der Waals surface area contributed by atoms with Gasteiger partial charge in [0.25, 0.3) is 0 Å². The van der Waals surface area contributed by atoms with Gasteiger partial charge in [0.05, 0.1) is 10.0 Å². The maximum Gasteiger partial charge on any atom is 0.127 e. The van der Waals surface area contributed by atoms with E-state index < -0.39 is 0 Å². The third-order valence-corrected chi connectivity index (χ3v) is 4.40. The highest BCUT2D eigenvalue weighted by molar-refractivity contribution is 9.10. The first-order valence-corrected chi connectivity index (χ1v) is 8.07. The van der Waals surface area contributed by atoms with Gasteiger partial charge in [0.1, 0.15) is 12.4 Å². The largest absolute Gasteiger partial charge is 0.488 e. The lowest BCUT2D eigenvalue weighted by Crippen LogP contribution is -2.09. The van der Waals surface area contributed by atoms with E-state index >= 15 is 0 Å². The number of halogens is 3. The van der Waals surface area contributed by atoms with Crippen LogP contribution in [0.3, 0.4) is 0 Å². The van der Waals surface area contributed by atoms with Crippen LogP contribution >= 0.6 is 39.1 Å². The van der Waals surface area contributed by atoms with Crippen LogP contribution < -0.4 is 10.1 Å². The maximum absolute atomic E-state index is 6.19. The monoisotopic (exact) mass is 387 g/mol. The van der Waals surface area contributed by atoms with Gasteiger partial charge in [0.15, 0.2) is 0 Å². The SMILES string of the molecule is CNCc1cc(Br)cc(C)c1OCc1cccc(Cl)c1Cl. The van der Waals surface area contributed by atoms with Gasteiger partial charge < -0.3 is 10.1 Å². The van der Waals surface area contributed by atoms with Crippen LogP contribution in [0.15, 0.2) is 34.8 Å². The number of benzene rings is 2. The summed E-state index contributed by atoms with van der Waals surface area (Å²) in [6.07, 6.45) is 0. The van der Waals surface area contributed by atoms with E-state index in [-0.39, 0.29) is 0 Å². The maximum atomic E-state index is 6.19. The molecule has 0 unspecified atom stereocenters. The Bertz CT molecular complexity index is 646. The van der Waals surface area contributed by atoms with Gasteiger partial charge in [-0.1, -0.05) is 51.3 Å². The number of ether oxygens (including phenoxy) is 1. The summed E-state index contributed by atoms with van der Waals surface area (Å²) in [5.41, 5.74) is 3.05. The fourth-order valence-corrected chi connectivity index (χ4v) is 3.13. The van der Waals surface area contributed by atoms with E-state index in [1.54, 1.807) is 6.07 Å². The summed E-state index contributed by atoms with van der Waals surface area (Å²) < 4.78 is 7.03. The van der Waals surface area contributed by atoms with E-state index in [2.05, 4.69) is 27.3 Å². The molecule has 0 heterocycles. The van der Waals surface area contributed by atoms with Gasteiger partial charge in [0, 0.05) is 22.1 Å². The number of hydrogen-bond acceptors (Lipinski definition) is 2. The van der Waals surface area contributed by atoms with Gasteiger partial charge in [-0.3, -0.25) is 0 Å². The molecule has 0 aliphatic heterocycles. The van der Waals surface area contributed by atoms with Gasteiger partial charge in [-0.05, 0) is 37.7 Å². The molecule has 2 aromatic rings. The molecule has 0 saturated heterocycles. The predicted octanol–water partition coefficient (Wildman–Crippen LogP) is 5.36. The average Bonchev–Trinajstić information content (AvgIpc) is 2.42. The Labute approximate surface area is 143 Å². The summed E-state index contributed by atoms with van der Waals surface area (Å²) in [6.45, 7) is 3.15. The average molecular weight is 389 g/mol. The van der Waals surface area contributed by atoms with Crippen molar-refractivity contribution >= 4 is 39.1 Å². The number of rotatable bonds is 5. The van der Waals surface area contributed by atoms with Gasteiger partial charge >= 0.3 is 0 Å². The van der Waals surface area contributed by atoms with Crippen molar-refractivity contribution in [2.75, 3.05) is 7.05 Å². The van der Waals surface area contributed by atoms with Crippen LogP contribution in [0.5, 0.6) is 5.75 Å². The highest BCUT2D eigenvalue weighted by Gasteiger charge is 2.11. The Hall–Kier alpha value is -0.740. The Balaban J connectivity index is 2.25. The Morgan fingerprint density at radius 3 is 2.67 bits per heavy atom. The van der Waals surface area contributed by atoms with Crippen molar-refractivity contribution < 1.29 is 4.74 Å². The van der Waals surface area contributed by atoms with Crippen LogP contribution in [0, 0.1) is 6.92 Å². The Morgan fingerprint density at radius 2 is 1.95 bits per heavy atom. The molecule has 0 fully saturated rings. The molecule has 1 N–H and O–H groups in total. The molecule has 0 radical (unpaired) electrons. The van der Waals surface area contributed by atoms with Crippen molar-refractivity contribution in [3.63, 3.8) is 0 Å². The van der Waals surface area contributed by atoms with E-state index in [9.17, 15) is 0 Å². The summed E-state index contributed by atoms with van der Waals surface area (Å²) in [5, 5.41) is 4.24. The van der Waals surface area contributed by atoms with Crippen molar-refractivity contribution in [3.8, 4) is 5.75 Å². The first-order valence-electron chi connectivity index (χ1n) is 6.52. The molecule has 0 spiro atoms. The van der Waals surface area contributed by atoms with E-state index in [1.165, 1.54) is 0 Å². The molecular formula is C16H16BrCl2NO. The van der Waals surface area contributed by atoms with E-state index in [0.717, 1.165) is 33.5 Å². The van der Waals surface area contributed by atoms with Crippen molar-refractivity contribution in [3.05, 3.63) is 61.5 Å². The third kappa shape index (κ3) is 4.13. The molecule has 0 atom stereocenters. The second-order valence-electron chi connectivity index (χ2n) is 4.74. The van der Waals surface area contributed by atoms with Crippen molar-refractivity contribution in [1.29, 1.82) is 0 Å². The topological polar surface area (TPSA) is 21.3 Å². The zero-order chi connectivity index (χ0) is 15.4. The van der Waals surface area contributed by atoms with Crippen LogP contribution in [0.1, 0.15) is 16.7 Å². The lowest BCUT2D eigenvalue weighted by atomic mass is 10.1. The summed E-state index contributed by atoms with van der Waals surface area (Å²) in [4.78, 5) is 0. The zero-order valence-corrected chi connectivity index (χ0v) is 14.9. The zero-order valence-electron chi connectivity index (χ0n) is 11.8. The standard InChI is InChI=1S/C16H16BrCl2NO/c1-10-6-13(17)7-12(8-20-2)16(10)21-9-11-4-3-5-14(18)15(11)19/h3-7,20H,8-9H2,1-2H3. The quantitative estimate of drug-likeness (QED) is 0.743. The van der Waals surface area contributed by atoms with Crippen LogP contribution in [-0.4, -0.2) is 7.05 Å². The fourth-order valence-electron chi connectivity index (χ4n) is 2.14. The summed E-state index contributed by atoms with van der Waals surface area (Å²) in [5.74, 6) is 0.878. The molecule has 2 aromatic carbocycles. The second-order valence-corrected chi connectivity index (χ2v) is 6.44. The summed E-state index contributed by atoms with van der Waals surface area (Å²) >= 11 is 15.7. The van der Waals surface area contributed by atoms with Gasteiger partial charge in [-0.2, -0.15) is 0 Å². The number of aryl methyl sites for hydroxylation is 1. The third-order valence-electron chi connectivity index (χ3n) is 3.09. The first kappa shape index (κ1) is 16.6. The predicted molar refractivity (Wildman–Crippen MR) is 92.4 cm³/mol. The van der Waals surface area contributed by atoms with E-state index in [4.69, 9.17) is 27.9 Å².